The number of carbonyl (C=O) groups excluding carboxylic acids is 1. The molecule has 116 valence electrons. The monoisotopic (exact) mass is 296 g/mol. The van der Waals surface area contributed by atoms with Gasteiger partial charge in [-0.15, -0.1) is 0 Å². The normalized spacial score (nSPS) is 15.7. The molecule has 1 amide bonds. The molecule has 0 atom stereocenters. The van der Waals surface area contributed by atoms with E-state index >= 15 is 0 Å². The van der Waals surface area contributed by atoms with E-state index in [2.05, 4.69) is 4.98 Å². The maximum Gasteiger partial charge on any atom is 0.410 e. The lowest BCUT2D eigenvalue weighted by Crippen LogP contribution is -2.50. The number of nitrogens with zero attached hydrogens (tertiary/aromatic N) is 2. The van der Waals surface area contributed by atoms with Gasteiger partial charge in [-0.05, 0) is 20.8 Å². The molecule has 0 radical (unpaired) electrons. The molecule has 0 aromatic carbocycles. The molecule has 1 saturated heterocycles. The predicted octanol–water partition coefficient (Wildman–Crippen LogP) is 2.03. The van der Waals surface area contributed by atoms with Crippen LogP contribution >= 0.6 is 0 Å². The second-order valence-electron chi connectivity index (χ2n) is 6.14. The number of aryl methyl sites for hydroxylation is 1. The van der Waals surface area contributed by atoms with E-state index in [0.29, 0.717) is 31.2 Å². The van der Waals surface area contributed by atoms with E-state index in [1.165, 1.54) is 0 Å². The van der Waals surface area contributed by atoms with Crippen LogP contribution in [-0.2, 0) is 16.0 Å². The molecule has 0 unspecified atom stereocenters. The van der Waals surface area contributed by atoms with Crippen LogP contribution in [-0.4, -0.2) is 45.7 Å². The Kier molecular flexibility index (Phi) is 4.20. The summed E-state index contributed by atoms with van der Waals surface area (Å²) in [5, 5.41) is 8.62. The number of likely N-dealkylation sites (tertiary alicyclic amines) is 1. The van der Waals surface area contributed by atoms with Crippen molar-refractivity contribution in [2.75, 3.05) is 13.1 Å². The largest absolute Gasteiger partial charge is 0.481 e. The zero-order chi connectivity index (χ0) is 15.6. The van der Waals surface area contributed by atoms with Crippen molar-refractivity contribution in [3.63, 3.8) is 0 Å². The maximum absolute atomic E-state index is 11.8. The number of aromatic nitrogens is 1. The number of hydrogen-bond acceptors (Lipinski definition) is 5. The molecule has 1 aromatic rings. The molecular formula is C14H20N2O5. The zero-order valence-electron chi connectivity index (χ0n) is 12.5. The lowest BCUT2D eigenvalue weighted by molar-refractivity contribution is -0.137. The van der Waals surface area contributed by atoms with Crippen molar-refractivity contribution in [1.82, 2.24) is 9.88 Å². The third-order valence-corrected chi connectivity index (χ3v) is 3.04. The molecule has 2 rings (SSSR count). The van der Waals surface area contributed by atoms with Crippen LogP contribution in [0.5, 0.6) is 0 Å². The molecule has 1 aromatic heterocycles. The second kappa shape index (κ2) is 5.75. The molecular weight excluding hydrogens is 276 g/mol. The Morgan fingerprint density at radius 3 is 2.71 bits per heavy atom. The number of ether oxygens (including phenoxy) is 1. The molecule has 2 heterocycles. The number of carboxylic acid groups (broad SMARTS) is 1. The zero-order valence-corrected chi connectivity index (χ0v) is 12.5. The summed E-state index contributed by atoms with van der Waals surface area (Å²) >= 11 is 0. The fourth-order valence-electron chi connectivity index (χ4n) is 1.97. The minimum Gasteiger partial charge on any atom is -0.481 e. The highest BCUT2D eigenvalue weighted by molar-refractivity contribution is 5.69. The van der Waals surface area contributed by atoms with Gasteiger partial charge in [-0.3, -0.25) is 4.79 Å². The van der Waals surface area contributed by atoms with Gasteiger partial charge < -0.3 is 19.2 Å². The molecule has 0 spiro atoms. The van der Waals surface area contributed by atoms with Gasteiger partial charge in [-0.25, -0.2) is 9.78 Å². The van der Waals surface area contributed by atoms with Crippen molar-refractivity contribution < 1.29 is 23.8 Å². The molecule has 1 aliphatic rings. The van der Waals surface area contributed by atoms with E-state index in [1.54, 1.807) is 11.1 Å². The molecule has 0 bridgehead atoms. The Labute approximate surface area is 122 Å². The third-order valence-electron chi connectivity index (χ3n) is 3.04. The van der Waals surface area contributed by atoms with Crippen LogP contribution in [0.25, 0.3) is 0 Å². The standard InChI is InChI=1S/C14H20N2O5/c1-14(2,3)21-13(19)16-7-9(8-16)12-15-6-10(20-12)4-5-11(17)18/h6,9H,4-5,7-8H2,1-3H3,(H,17,18). The molecule has 21 heavy (non-hydrogen) atoms. The maximum atomic E-state index is 11.8. The summed E-state index contributed by atoms with van der Waals surface area (Å²) in [6, 6.07) is 0. The molecule has 1 N–H and O–H groups in total. The quantitative estimate of drug-likeness (QED) is 0.913. The number of amides is 1. The van der Waals surface area contributed by atoms with Gasteiger partial charge >= 0.3 is 12.1 Å². The Morgan fingerprint density at radius 1 is 1.48 bits per heavy atom. The summed E-state index contributed by atoms with van der Waals surface area (Å²) in [5.41, 5.74) is -0.505. The smallest absolute Gasteiger partial charge is 0.410 e. The van der Waals surface area contributed by atoms with Gasteiger partial charge in [0.1, 0.15) is 11.4 Å². The second-order valence-corrected chi connectivity index (χ2v) is 6.14. The van der Waals surface area contributed by atoms with E-state index in [9.17, 15) is 9.59 Å². The lowest BCUT2D eigenvalue weighted by atomic mass is 10.0. The first kappa shape index (κ1) is 15.3. The van der Waals surface area contributed by atoms with Crippen LogP contribution in [0.2, 0.25) is 0 Å². The summed E-state index contributed by atoms with van der Waals surface area (Å²) < 4.78 is 10.8. The summed E-state index contributed by atoms with van der Waals surface area (Å²) in [5.74, 6) is 0.294. The van der Waals surface area contributed by atoms with Crippen molar-refractivity contribution in [3.05, 3.63) is 17.8 Å². The highest BCUT2D eigenvalue weighted by atomic mass is 16.6. The minimum absolute atomic E-state index is 0.0172. The van der Waals surface area contributed by atoms with E-state index in [-0.39, 0.29) is 18.4 Å². The predicted molar refractivity (Wildman–Crippen MR) is 73.0 cm³/mol. The highest BCUT2D eigenvalue weighted by Crippen LogP contribution is 2.28. The first-order valence-electron chi connectivity index (χ1n) is 6.89. The minimum atomic E-state index is -0.868. The van der Waals surface area contributed by atoms with Gasteiger partial charge in [-0.1, -0.05) is 0 Å². The average Bonchev–Trinajstić information content (AvgIpc) is 2.70. The Hall–Kier alpha value is -2.05. The first-order valence-corrected chi connectivity index (χ1v) is 6.89. The van der Waals surface area contributed by atoms with Crippen molar-refractivity contribution >= 4 is 12.1 Å². The molecule has 7 heteroatoms. The van der Waals surface area contributed by atoms with Crippen molar-refractivity contribution in [2.45, 2.75) is 45.1 Å². The first-order chi connectivity index (χ1) is 9.74. The van der Waals surface area contributed by atoms with Crippen LogP contribution in [0.3, 0.4) is 0 Å². The Balaban J connectivity index is 1.82. The van der Waals surface area contributed by atoms with Crippen molar-refractivity contribution in [3.8, 4) is 0 Å². The SMILES string of the molecule is CC(C)(C)OC(=O)N1CC(c2ncc(CCC(=O)O)o2)C1. The molecule has 7 nitrogen and oxygen atoms in total. The molecule has 0 saturated carbocycles. The van der Waals surface area contributed by atoms with Gasteiger partial charge in [0.15, 0.2) is 0 Å². The van der Waals surface area contributed by atoms with E-state index in [0.717, 1.165) is 0 Å². The van der Waals surface area contributed by atoms with Gasteiger partial charge in [-0.2, -0.15) is 0 Å². The summed E-state index contributed by atoms with van der Waals surface area (Å²) in [7, 11) is 0. The van der Waals surface area contributed by atoms with Gasteiger partial charge in [0.2, 0.25) is 5.89 Å². The number of rotatable bonds is 4. The van der Waals surface area contributed by atoms with E-state index < -0.39 is 11.6 Å². The van der Waals surface area contributed by atoms with Crippen molar-refractivity contribution in [1.29, 1.82) is 0 Å². The number of carboxylic acids is 1. The number of carbonyl (C=O) groups is 2. The highest BCUT2D eigenvalue weighted by Gasteiger charge is 2.37. The fourth-order valence-corrected chi connectivity index (χ4v) is 1.97. The Morgan fingerprint density at radius 2 is 2.14 bits per heavy atom. The molecule has 0 aliphatic carbocycles. The fraction of sp³-hybridized carbons (Fsp3) is 0.643. The van der Waals surface area contributed by atoms with E-state index in [4.69, 9.17) is 14.3 Å². The van der Waals surface area contributed by atoms with Crippen molar-refractivity contribution in [2.24, 2.45) is 0 Å². The third kappa shape index (κ3) is 4.21. The van der Waals surface area contributed by atoms with Gasteiger partial charge in [0, 0.05) is 19.5 Å². The van der Waals surface area contributed by atoms with Crippen LogP contribution < -0.4 is 0 Å². The average molecular weight is 296 g/mol. The van der Waals surface area contributed by atoms with Crippen LogP contribution in [0.4, 0.5) is 4.79 Å². The lowest BCUT2D eigenvalue weighted by Gasteiger charge is -2.38. The van der Waals surface area contributed by atoms with Crippen LogP contribution in [0.1, 0.15) is 44.8 Å². The molecule has 1 fully saturated rings. The molecule has 1 aliphatic heterocycles. The number of oxazole rings is 1. The topological polar surface area (TPSA) is 92.9 Å². The van der Waals surface area contributed by atoms with Gasteiger partial charge in [0.25, 0.3) is 0 Å². The van der Waals surface area contributed by atoms with E-state index in [1.807, 2.05) is 20.8 Å². The Bertz CT molecular complexity index is 526. The van der Waals surface area contributed by atoms with Crippen LogP contribution in [0, 0.1) is 0 Å². The summed E-state index contributed by atoms with van der Waals surface area (Å²) in [4.78, 5) is 28.0. The van der Waals surface area contributed by atoms with Gasteiger partial charge in [0.05, 0.1) is 18.5 Å². The summed E-state index contributed by atoms with van der Waals surface area (Å²) in [6.07, 6.45) is 1.55. The summed E-state index contributed by atoms with van der Waals surface area (Å²) in [6.45, 7) is 6.49. The number of hydrogen-bond donors (Lipinski definition) is 1. The van der Waals surface area contributed by atoms with Crippen LogP contribution in [0.15, 0.2) is 10.6 Å². The number of aliphatic carboxylic acids is 1.